The summed E-state index contributed by atoms with van der Waals surface area (Å²) in [5.41, 5.74) is 2.65. The number of oxazole rings is 1. The molecule has 134 valence electrons. The number of halogens is 1. The summed E-state index contributed by atoms with van der Waals surface area (Å²) in [7, 11) is 1.64. The van der Waals surface area contributed by atoms with E-state index in [2.05, 4.69) is 10.3 Å². The lowest BCUT2D eigenvalue weighted by Crippen LogP contribution is -2.12. The Morgan fingerprint density at radius 2 is 2.04 bits per heavy atom. The van der Waals surface area contributed by atoms with Gasteiger partial charge in [0, 0.05) is 36.2 Å². The molecule has 0 aliphatic carbocycles. The smallest absolute Gasteiger partial charge is 0.224 e. The van der Waals surface area contributed by atoms with E-state index in [1.54, 1.807) is 25.4 Å². The van der Waals surface area contributed by atoms with Gasteiger partial charge in [0.1, 0.15) is 0 Å². The highest BCUT2D eigenvalue weighted by atomic mass is 35.5. The molecule has 0 fully saturated rings. The number of rotatable bonds is 7. The summed E-state index contributed by atoms with van der Waals surface area (Å²) in [4.78, 5) is 16.4. The molecule has 0 aliphatic heterocycles. The number of methoxy groups -OCH3 is 1. The number of anilines is 1. The predicted octanol–water partition coefficient (Wildman–Crippen LogP) is 4.71. The van der Waals surface area contributed by atoms with Crippen molar-refractivity contribution < 1.29 is 13.9 Å². The molecule has 0 aliphatic rings. The Balaban J connectivity index is 1.55. The number of hydrogen-bond donors (Lipinski definition) is 1. The van der Waals surface area contributed by atoms with Crippen LogP contribution in [0.25, 0.3) is 11.3 Å². The Labute approximate surface area is 157 Å². The van der Waals surface area contributed by atoms with Gasteiger partial charge in [-0.3, -0.25) is 4.79 Å². The average molecular weight is 371 g/mol. The molecule has 0 unspecified atom stereocenters. The third-order valence-electron chi connectivity index (χ3n) is 3.77. The Morgan fingerprint density at radius 3 is 2.81 bits per heavy atom. The Kier molecular flexibility index (Phi) is 6.04. The number of nitrogens with zero attached hydrogens (tertiary/aromatic N) is 1. The third kappa shape index (κ3) is 4.94. The van der Waals surface area contributed by atoms with Gasteiger partial charge in [-0.1, -0.05) is 23.7 Å². The van der Waals surface area contributed by atoms with Crippen molar-refractivity contribution in [2.45, 2.75) is 19.4 Å². The fourth-order valence-corrected chi connectivity index (χ4v) is 2.65. The van der Waals surface area contributed by atoms with Crippen molar-refractivity contribution in [1.29, 1.82) is 0 Å². The van der Waals surface area contributed by atoms with E-state index in [0.717, 1.165) is 16.8 Å². The first kappa shape index (κ1) is 18.2. The van der Waals surface area contributed by atoms with Crippen LogP contribution < -0.4 is 5.32 Å². The highest BCUT2D eigenvalue weighted by molar-refractivity contribution is 6.30. The lowest BCUT2D eigenvalue weighted by atomic mass is 10.2. The van der Waals surface area contributed by atoms with Crippen LogP contribution in [0.3, 0.4) is 0 Å². The molecule has 3 aromatic rings. The fraction of sp³-hybridized carbons (Fsp3) is 0.200. The van der Waals surface area contributed by atoms with E-state index in [-0.39, 0.29) is 12.3 Å². The zero-order valence-corrected chi connectivity index (χ0v) is 15.1. The molecule has 3 rings (SSSR count). The number of aromatic nitrogens is 1. The number of hydrogen-bond acceptors (Lipinski definition) is 4. The summed E-state index contributed by atoms with van der Waals surface area (Å²) in [6, 6.07) is 14.9. The number of carbonyl (C=O) groups excluding carboxylic acids is 1. The van der Waals surface area contributed by atoms with Gasteiger partial charge in [0.15, 0.2) is 11.7 Å². The lowest BCUT2D eigenvalue weighted by molar-refractivity contribution is -0.116. The largest absolute Gasteiger partial charge is 0.441 e. The van der Waals surface area contributed by atoms with Crippen LogP contribution >= 0.6 is 11.6 Å². The number of amides is 1. The van der Waals surface area contributed by atoms with Gasteiger partial charge >= 0.3 is 0 Å². The first-order valence-corrected chi connectivity index (χ1v) is 8.60. The summed E-state index contributed by atoms with van der Waals surface area (Å²) in [6.45, 7) is 0.507. The molecule has 1 N–H and O–H groups in total. The quantitative estimate of drug-likeness (QED) is 0.654. The second-order valence-corrected chi connectivity index (χ2v) is 6.24. The van der Waals surface area contributed by atoms with Gasteiger partial charge < -0.3 is 14.5 Å². The molecule has 0 radical (unpaired) electrons. The maximum absolute atomic E-state index is 12.1. The van der Waals surface area contributed by atoms with Crippen molar-refractivity contribution in [3.05, 3.63) is 71.2 Å². The summed E-state index contributed by atoms with van der Waals surface area (Å²) < 4.78 is 10.8. The van der Waals surface area contributed by atoms with Gasteiger partial charge in [0.25, 0.3) is 0 Å². The van der Waals surface area contributed by atoms with Crippen LogP contribution in [0.5, 0.6) is 0 Å². The second kappa shape index (κ2) is 8.65. The number of carbonyl (C=O) groups is 1. The fourth-order valence-electron chi connectivity index (χ4n) is 2.52. The van der Waals surface area contributed by atoms with E-state index in [9.17, 15) is 4.79 Å². The first-order valence-electron chi connectivity index (χ1n) is 8.22. The van der Waals surface area contributed by atoms with Crippen LogP contribution in [0.15, 0.2) is 59.1 Å². The number of ether oxygens (including phenoxy) is 1. The van der Waals surface area contributed by atoms with Gasteiger partial charge in [-0.15, -0.1) is 0 Å². The average Bonchev–Trinajstić information content (AvgIpc) is 3.10. The third-order valence-corrected chi connectivity index (χ3v) is 4.02. The maximum atomic E-state index is 12.1. The van der Waals surface area contributed by atoms with Crippen LogP contribution in [-0.2, 0) is 22.6 Å². The van der Waals surface area contributed by atoms with Crippen LogP contribution in [-0.4, -0.2) is 18.0 Å². The molecule has 26 heavy (non-hydrogen) atoms. The van der Waals surface area contributed by atoms with E-state index >= 15 is 0 Å². The second-order valence-electron chi connectivity index (χ2n) is 5.81. The molecule has 0 spiro atoms. The van der Waals surface area contributed by atoms with E-state index in [1.165, 1.54) is 0 Å². The SMILES string of the molecule is COCc1cccc(NC(=O)CCc2ncc(-c3ccc(Cl)cc3)o2)c1. The molecule has 5 nitrogen and oxygen atoms in total. The summed E-state index contributed by atoms with van der Waals surface area (Å²) in [5.74, 6) is 1.09. The Hall–Kier alpha value is -2.63. The standard InChI is InChI=1S/C20H19ClN2O3/c1-25-13-14-3-2-4-17(11-14)23-19(24)9-10-20-22-12-18(26-20)15-5-7-16(21)8-6-15/h2-8,11-12H,9-10,13H2,1H3,(H,23,24). The minimum Gasteiger partial charge on any atom is -0.441 e. The summed E-state index contributed by atoms with van der Waals surface area (Å²) in [5, 5.41) is 3.54. The first-order chi connectivity index (χ1) is 12.6. The van der Waals surface area contributed by atoms with E-state index < -0.39 is 0 Å². The zero-order valence-electron chi connectivity index (χ0n) is 14.4. The molecular formula is C20H19ClN2O3. The van der Waals surface area contributed by atoms with Crippen molar-refractivity contribution in [1.82, 2.24) is 4.98 Å². The van der Waals surface area contributed by atoms with Crippen LogP contribution in [0.1, 0.15) is 17.9 Å². The molecule has 0 atom stereocenters. The molecule has 0 saturated carbocycles. The van der Waals surface area contributed by atoms with Crippen molar-refractivity contribution in [2.75, 3.05) is 12.4 Å². The van der Waals surface area contributed by atoms with Gasteiger partial charge in [0.05, 0.1) is 12.8 Å². The number of nitrogens with one attached hydrogen (secondary N) is 1. The van der Waals surface area contributed by atoms with Gasteiger partial charge in [-0.05, 0) is 42.0 Å². The summed E-state index contributed by atoms with van der Waals surface area (Å²) >= 11 is 5.89. The van der Waals surface area contributed by atoms with Crippen molar-refractivity contribution in [3.63, 3.8) is 0 Å². The monoisotopic (exact) mass is 370 g/mol. The predicted molar refractivity (Wildman–Crippen MR) is 101 cm³/mol. The topological polar surface area (TPSA) is 64.4 Å². The van der Waals surface area contributed by atoms with Gasteiger partial charge in [0.2, 0.25) is 5.91 Å². The minimum atomic E-state index is -0.0918. The molecule has 0 saturated heterocycles. The van der Waals surface area contributed by atoms with Crippen molar-refractivity contribution in [3.8, 4) is 11.3 Å². The van der Waals surface area contributed by atoms with Crippen LogP contribution in [0, 0.1) is 0 Å². The van der Waals surface area contributed by atoms with Gasteiger partial charge in [-0.25, -0.2) is 4.98 Å². The van der Waals surface area contributed by atoms with Gasteiger partial charge in [-0.2, -0.15) is 0 Å². The Morgan fingerprint density at radius 1 is 1.23 bits per heavy atom. The normalized spacial score (nSPS) is 10.7. The highest BCUT2D eigenvalue weighted by Crippen LogP contribution is 2.22. The highest BCUT2D eigenvalue weighted by Gasteiger charge is 2.09. The zero-order chi connectivity index (χ0) is 18.4. The molecule has 6 heteroatoms. The number of benzene rings is 2. The molecular weight excluding hydrogens is 352 g/mol. The summed E-state index contributed by atoms with van der Waals surface area (Å²) in [6.07, 6.45) is 2.37. The molecule has 1 aromatic heterocycles. The molecule has 1 amide bonds. The van der Waals surface area contributed by atoms with Crippen molar-refractivity contribution in [2.24, 2.45) is 0 Å². The van der Waals surface area contributed by atoms with Crippen LogP contribution in [0.2, 0.25) is 5.02 Å². The lowest BCUT2D eigenvalue weighted by Gasteiger charge is -2.06. The molecule has 0 bridgehead atoms. The molecule has 1 heterocycles. The van der Waals surface area contributed by atoms with Crippen LogP contribution in [0.4, 0.5) is 5.69 Å². The maximum Gasteiger partial charge on any atom is 0.224 e. The minimum absolute atomic E-state index is 0.0918. The van der Waals surface area contributed by atoms with E-state index in [0.29, 0.717) is 29.7 Å². The van der Waals surface area contributed by atoms with E-state index in [1.807, 2.05) is 36.4 Å². The number of aryl methyl sites for hydroxylation is 1. The molecule has 2 aromatic carbocycles. The Bertz CT molecular complexity index is 875. The van der Waals surface area contributed by atoms with Crippen molar-refractivity contribution >= 4 is 23.2 Å². The van der Waals surface area contributed by atoms with E-state index in [4.69, 9.17) is 20.8 Å².